The third-order valence-electron chi connectivity index (χ3n) is 2.89. The molecule has 0 bridgehead atoms. The maximum atomic E-state index is 6.33. The predicted molar refractivity (Wildman–Crippen MR) is 72.4 cm³/mol. The molecule has 0 saturated heterocycles. The Balaban J connectivity index is 1.73. The van der Waals surface area contributed by atoms with Crippen LogP contribution < -0.4 is 5.32 Å². The maximum absolute atomic E-state index is 6.33. The number of hydrogen-bond donors (Lipinski definition) is 3. The average Bonchev–Trinajstić information content (AvgIpc) is 3.00. The number of para-hydroxylation sites is 1. The molecular formula is C13H13ClN4. The molecule has 4 nitrogen and oxygen atoms in total. The molecule has 3 rings (SSSR count). The minimum absolute atomic E-state index is 0.701. The quantitative estimate of drug-likeness (QED) is 0.676. The van der Waals surface area contributed by atoms with Gasteiger partial charge in [0.15, 0.2) is 0 Å². The first-order chi connectivity index (χ1) is 8.84. The monoisotopic (exact) mass is 260 g/mol. The lowest BCUT2D eigenvalue weighted by atomic mass is 10.2. The first-order valence-corrected chi connectivity index (χ1v) is 6.15. The van der Waals surface area contributed by atoms with Crippen LogP contribution in [-0.4, -0.2) is 15.0 Å². The molecule has 0 fully saturated rings. The molecule has 0 unspecified atom stereocenters. The van der Waals surface area contributed by atoms with E-state index in [9.17, 15) is 0 Å². The molecule has 1 aromatic carbocycles. The number of imidazole rings is 1. The molecule has 2 heterocycles. The Morgan fingerprint density at radius 3 is 2.89 bits per heavy atom. The minimum Gasteiger partial charge on any atom is -0.356 e. The summed E-state index contributed by atoms with van der Waals surface area (Å²) in [5.41, 5.74) is 3.14. The Kier molecular flexibility index (Phi) is 3.04. The van der Waals surface area contributed by atoms with Crippen molar-refractivity contribution in [2.45, 2.75) is 13.1 Å². The van der Waals surface area contributed by atoms with E-state index in [0.717, 1.165) is 33.9 Å². The lowest BCUT2D eigenvalue weighted by Crippen LogP contribution is -2.13. The van der Waals surface area contributed by atoms with Gasteiger partial charge in [-0.05, 0) is 6.07 Å². The zero-order valence-corrected chi connectivity index (χ0v) is 10.5. The number of nitrogens with one attached hydrogen (secondary N) is 3. The van der Waals surface area contributed by atoms with Crippen molar-refractivity contribution in [3.63, 3.8) is 0 Å². The second-order valence-corrected chi connectivity index (χ2v) is 4.52. The van der Waals surface area contributed by atoms with E-state index in [2.05, 4.69) is 20.3 Å². The highest BCUT2D eigenvalue weighted by Gasteiger charge is 2.08. The van der Waals surface area contributed by atoms with E-state index in [1.165, 1.54) is 0 Å². The van der Waals surface area contributed by atoms with Crippen LogP contribution in [0.3, 0.4) is 0 Å². The first-order valence-electron chi connectivity index (χ1n) is 5.77. The molecule has 92 valence electrons. The molecule has 3 aromatic rings. The van der Waals surface area contributed by atoms with E-state index in [1.54, 1.807) is 12.5 Å². The van der Waals surface area contributed by atoms with Crippen molar-refractivity contribution in [2.75, 3.05) is 0 Å². The molecule has 2 aromatic heterocycles. The summed E-state index contributed by atoms with van der Waals surface area (Å²) >= 11 is 6.33. The summed E-state index contributed by atoms with van der Waals surface area (Å²) in [5, 5.41) is 5.18. The van der Waals surface area contributed by atoms with Crippen molar-refractivity contribution < 1.29 is 0 Å². The molecule has 18 heavy (non-hydrogen) atoms. The van der Waals surface area contributed by atoms with Crippen LogP contribution in [0, 0.1) is 0 Å². The third kappa shape index (κ3) is 2.12. The van der Waals surface area contributed by atoms with Crippen LogP contribution in [0.25, 0.3) is 10.9 Å². The Hall–Kier alpha value is -1.78. The smallest absolute Gasteiger partial charge is 0.0922 e. The third-order valence-corrected chi connectivity index (χ3v) is 3.32. The minimum atomic E-state index is 0.701. The lowest BCUT2D eigenvalue weighted by molar-refractivity contribution is 0.673. The highest BCUT2D eigenvalue weighted by atomic mass is 35.5. The number of hydrogen-bond acceptors (Lipinski definition) is 2. The van der Waals surface area contributed by atoms with Crippen LogP contribution in [-0.2, 0) is 13.1 Å². The van der Waals surface area contributed by atoms with E-state index in [4.69, 9.17) is 11.6 Å². The van der Waals surface area contributed by atoms with Gasteiger partial charge >= 0.3 is 0 Å². The van der Waals surface area contributed by atoms with Crippen LogP contribution in [0.15, 0.2) is 36.8 Å². The molecule has 0 radical (unpaired) electrons. The highest BCUT2D eigenvalue weighted by Crippen LogP contribution is 2.26. The van der Waals surface area contributed by atoms with Gasteiger partial charge in [-0.3, -0.25) is 0 Å². The van der Waals surface area contributed by atoms with Crippen LogP contribution in [0.2, 0.25) is 5.02 Å². The van der Waals surface area contributed by atoms with E-state index in [-0.39, 0.29) is 0 Å². The Morgan fingerprint density at radius 1 is 1.22 bits per heavy atom. The van der Waals surface area contributed by atoms with Gasteiger partial charge in [0, 0.05) is 41.6 Å². The van der Waals surface area contributed by atoms with Gasteiger partial charge in [-0.2, -0.15) is 0 Å². The average molecular weight is 261 g/mol. The van der Waals surface area contributed by atoms with E-state index in [0.29, 0.717) is 6.54 Å². The lowest BCUT2D eigenvalue weighted by Gasteiger charge is -2.01. The van der Waals surface area contributed by atoms with Crippen LogP contribution >= 0.6 is 11.6 Å². The molecule has 0 atom stereocenters. The van der Waals surface area contributed by atoms with E-state index < -0.39 is 0 Å². The number of rotatable bonds is 4. The van der Waals surface area contributed by atoms with Gasteiger partial charge in [0.1, 0.15) is 0 Å². The number of H-pyrrole nitrogens is 2. The van der Waals surface area contributed by atoms with Crippen molar-refractivity contribution >= 4 is 22.5 Å². The molecule has 5 heteroatoms. The maximum Gasteiger partial charge on any atom is 0.0922 e. The molecule has 0 amide bonds. The first kappa shape index (κ1) is 11.3. The zero-order valence-electron chi connectivity index (χ0n) is 9.70. The molecule has 0 spiro atoms. The molecular weight excluding hydrogens is 248 g/mol. The van der Waals surface area contributed by atoms with Gasteiger partial charge in [-0.1, -0.05) is 29.8 Å². The summed E-state index contributed by atoms with van der Waals surface area (Å²) in [6.45, 7) is 1.44. The fourth-order valence-electron chi connectivity index (χ4n) is 1.99. The van der Waals surface area contributed by atoms with Crippen LogP contribution in [0.5, 0.6) is 0 Å². The van der Waals surface area contributed by atoms with E-state index in [1.807, 2.05) is 24.3 Å². The zero-order chi connectivity index (χ0) is 12.4. The second kappa shape index (κ2) is 4.84. The summed E-state index contributed by atoms with van der Waals surface area (Å²) < 4.78 is 0. The van der Waals surface area contributed by atoms with Crippen molar-refractivity contribution in [1.82, 2.24) is 20.3 Å². The number of benzene rings is 1. The molecule has 0 aliphatic carbocycles. The van der Waals surface area contributed by atoms with Crippen molar-refractivity contribution in [3.8, 4) is 0 Å². The standard InChI is InChI=1S/C13H13ClN4/c14-13-10-3-1-2-4-11(10)18-12(13)7-15-5-9-6-16-8-17-9/h1-4,6,8,15,18H,5,7H2,(H,16,17). The van der Waals surface area contributed by atoms with Crippen LogP contribution in [0.4, 0.5) is 0 Å². The van der Waals surface area contributed by atoms with Crippen molar-refractivity contribution in [1.29, 1.82) is 0 Å². The number of aromatic nitrogens is 3. The Bertz CT molecular complexity index is 642. The van der Waals surface area contributed by atoms with Gasteiger partial charge in [0.05, 0.1) is 11.3 Å². The number of aromatic amines is 2. The molecule has 0 aliphatic rings. The Labute approximate surface area is 109 Å². The van der Waals surface area contributed by atoms with Crippen molar-refractivity contribution in [3.05, 3.63) is 53.2 Å². The van der Waals surface area contributed by atoms with Gasteiger partial charge in [-0.15, -0.1) is 0 Å². The highest BCUT2D eigenvalue weighted by molar-refractivity contribution is 6.36. The Morgan fingerprint density at radius 2 is 2.11 bits per heavy atom. The molecule has 0 aliphatic heterocycles. The summed E-state index contributed by atoms with van der Waals surface area (Å²) in [6, 6.07) is 8.03. The summed E-state index contributed by atoms with van der Waals surface area (Å²) in [4.78, 5) is 10.3. The van der Waals surface area contributed by atoms with Gasteiger partial charge in [0.2, 0.25) is 0 Å². The number of fused-ring (bicyclic) bond motifs is 1. The second-order valence-electron chi connectivity index (χ2n) is 4.14. The number of nitrogens with zero attached hydrogens (tertiary/aromatic N) is 1. The summed E-state index contributed by atoms with van der Waals surface area (Å²) in [5.74, 6) is 0. The molecule has 0 saturated carbocycles. The topological polar surface area (TPSA) is 56.5 Å². The molecule has 3 N–H and O–H groups in total. The van der Waals surface area contributed by atoms with E-state index >= 15 is 0 Å². The van der Waals surface area contributed by atoms with Gasteiger partial charge in [0.25, 0.3) is 0 Å². The fourth-order valence-corrected chi connectivity index (χ4v) is 2.27. The summed E-state index contributed by atoms with van der Waals surface area (Å²) in [7, 11) is 0. The fraction of sp³-hybridized carbons (Fsp3) is 0.154. The summed E-state index contributed by atoms with van der Waals surface area (Å²) in [6.07, 6.45) is 3.48. The number of halogens is 1. The normalized spacial score (nSPS) is 11.2. The SMILES string of the molecule is Clc1c(CNCc2cnc[nH]2)[nH]c2ccccc12. The van der Waals surface area contributed by atoms with Crippen molar-refractivity contribution in [2.24, 2.45) is 0 Å². The van der Waals surface area contributed by atoms with Gasteiger partial charge < -0.3 is 15.3 Å². The largest absolute Gasteiger partial charge is 0.356 e. The van der Waals surface area contributed by atoms with Gasteiger partial charge in [-0.25, -0.2) is 4.98 Å². The predicted octanol–water partition coefficient (Wildman–Crippen LogP) is 2.83. The van der Waals surface area contributed by atoms with Crippen LogP contribution in [0.1, 0.15) is 11.4 Å².